The Bertz CT molecular complexity index is 410. The van der Waals surface area contributed by atoms with Crippen LogP contribution in [0, 0.1) is 17.3 Å². The molecule has 0 aromatic rings. The smallest absolute Gasteiger partial charge is 0.230 e. The molecule has 2 aliphatic rings. The van der Waals surface area contributed by atoms with Gasteiger partial charge in [-0.3, -0.25) is 9.59 Å². The molecule has 1 aliphatic carbocycles. The molecule has 23 heavy (non-hydrogen) atoms. The fourth-order valence-corrected chi connectivity index (χ4v) is 4.16. The number of nitrogens with zero attached hydrogens (tertiary/aromatic N) is 1. The second kappa shape index (κ2) is 8.13. The first-order valence-corrected chi connectivity index (χ1v) is 9.14. The molecule has 2 fully saturated rings. The maximum Gasteiger partial charge on any atom is 0.230 e. The molecule has 132 valence electrons. The van der Waals surface area contributed by atoms with Gasteiger partial charge in [0.1, 0.15) is 0 Å². The predicted molar refractivity (Wildman–Crippen MR) is 92.0 cm³/mol. The van der Waals surface area contributed by atoms with Crippen LogP contribution in [0.25, 0.3) is 0 Å². The van der Waals surface area contributed by atoms with Gasteiger partial charge >= 0.3 is 0 Å². The maximum atomic E-state index is 12.5. The van der Waals surface area contributed by atoms with Gasteiger partial charge in [-0.2, -0.15) is 0 Å². The number of carbonyl (C=O) groups is 2. The van der Waals surface area contributed by atoms with Gasteiger partial charge in [0.15, 0.2) is 0 Å². The van der Waals surface area contributed by atoms with Crippen LogP contribution in [0.1, 0.15) is 51.9 Å². The molecule has 5 heteroatoms. The van der Waals surface area contributed by atoms with E-state index in [1.54, 1.807) is 4.90 Å². The summed E-state index contributed by atoms with van der Waals surface area (Å²) in [5, 5.41) is 6.48. The zero-order valence-electron chi connectivity index (χ0n) is 15.0. The third-order valence-electron chi connectivity index (χ3n) is 5.69. The van der Waals surface area contributed by atoms with Crippen molar-refractivity contribution in [2.24, 2.45) is 17.3 Å². The summed E-state index contributed by atoms with van der Waals surface area (Å²) in [5.74, 6) is 1.26. The third kappa shape index (κ3) is 4.69. The number of piperidine rings is 1. The van der Waals surface area contributed by atoms with Gasteiger partial charge in [0.05, 0.1) is 5.41 Å². The number of carbonyl (C=O) groups excluding carboxylic acids is 2. The molecule has 2 unspecified atom stereocenters. The van der Waals surface area contributed by atoms with Crippen LogP contribution in [0.3, 0.4) is 0 Å². The summed E-state index contributed by atoms with van der Waals surface area (Å²) in [6.45, 7) is 4.80. The van der Waals surface area contributed by atoms with Gasteiger partial charge in [-0.15, -0.1) is 0 Å². The second-order valence-corrected chi connectivity index (χ2v) is 7.75. The molecule has 0 aromatic carbocycles. The Kier molecular flexibility index (Phi) is 6.45. The Hall–Kier alpha value is -1.10. The lowest BCUT2D eigenvalue weighted by Crippen LogP contribution is -2.47. The Balaban J connectivity index is 1.83. The molecular weight excluding hydrogens is 290 g/mol. The lowest BCUT2D eigenvalue weighted by molar-refractivity contribution is -0.139. The molecule has 2 amide bonds. The number of hydrogen-bond acceptors (Lipinski definition) is 3. The number of amides is 2. The number of hydrogen-bond donors (Lipinski definition) is 2. The highest BCUT2D eigenvalue weighted by atomic mass is 16.2. The molecule has 2 rings (SSSR count). The summed E-state index contributed by atoms with van der Waals surface area (Å²) >= 11 is 0. The number of rotatable bonds is 6. The fraction of sp³-hybridized carbons (Fsp3) is 0.889. The second-order valence-electron chi connectivity index (χ2n) is 7.75. The van der Waals surface area contributed by atoms with E-state index in [4.69, 9.17) is 0 Å². The van der Waals surface area contributed by atoms with Crippen LogP contribution in [-0.2, 0) is 9.59 Å². The molecule has 2 N–H and O–H groups in total. The van der Waals surface area contributed by atoms with E-state index >= 15 is 0 Å². The van der Waals surface area contributed by atoms with E-state index in [-0.39, 0.29) is 17.2 Å². The first-order chi connectivity index (χ1) is 10.9. The van der Waals surface area contributed by atoms with Crippen molar-refractivity contribution in [3.63, 3.8) is 0 Å². The van der Waals surface area contributed by atoms with Crippen LogP contribution in [0.5, 0.6) is 0 Å². The highest BCUT2D eigenvalue weighted by molar-refractivity contribution is 5.84. The molecule has 5 nitrogen and oxygen atoms in total. The third-order valence-corrected chi connectivity index (χ3v) is 5.69. The van der Waals surface area contributed by atoms with Crippen molar-refractivity contribution < 1.29 is 9.59 Å². The van der Waals surface area contributed by atoms with E-state index in [0.717, 1.165) is 38.8 Å². The van der Waals surface area contributed by atoms with Gasteiger partial charge in [-0.1, -0.05) is 19.8 Å². The average Bonchev–Trinajstić information content (AvgIpc) is 3.03. The molecule has 1 heterocycles. The molecule has 0 spiro atoms. The minimum atomic E-state index is -0.366. The van der Waals surface area contributed by atoms with Crippen LogP contribution in [0.15, 0.2) is 0 Å². The molecule has 0 aromatic heterocycles. The Labute approximate surface area is 140 Å². The first-order valence-electron chi connectivity index (χ1n) is 9.14. The summed E-state index contributed by atoms with van der Waals surface area (Å²) < 4.78 is 0. The highest BCUT2D eigenvalue weighted by Crippen LogP contribution is 2.39. The normalized spacial score (nSPS) is 24.9. The van der Waals surface area contributed by atoms with Gasteiger partial charge in [0, 0.05) is 27.1 Å². The SMILES string of the molecule is CC(CC(=O)NCC1(C(=O)N(C)C)CCCC1)C1CCCNC1. The molecule has 1 saturated heterocycles. The Morgan fingerprint density at radius 1 is 1.26 bits per heavy atom. The summed E-state index contributed by atoms with van der Waals surface area (Å²) in [5.41, 5.74) is -0.366. The lowest BCUT2D eigenvalue weighted by atomic mass is 9.83. The first kappa shape index (κ1) is 18.2. The van der Waals surface area contributed by atoms with Gasteiger partial charge in [0.25, 0.3) is 0 Å². The van der Waals surface area contributed by atoms with Crippen molar-refractivity contribution in [2.45, 2.75) is 51.9 Å². The molecule has 1 aliphatic heterocycles. The molecular formula is C18H33N3O2. The lowest BCUT2D eigenvalue weighted by Gasteiger charge is -2.31. The maximum absolute atomic E-state index is 12.5. The van der Waals surface area contributed by atoms with Gasteiger partial charge in [0.2, 0.25) is 11.8 Å². The highest BCUT2D eigenvalue weighted by Gasteiger charge is 2.42. The average molecular weight is 323 g/mol. The fourth-order valence-electron chi connectivity index (χ4n) is 4.16. The van der Waals surface area contributed by atoms with Gasteiger partial charge in [-0.05, 0) is 50.6 Å². The minimum Gasteiger partial charge on any atom is -0.355 e. The minimum absolute atomic E-state index is 0.0981. The van der Waals surface area contributed by atoms with Crippen LogP contribution in [-0.4, -0.2) is 50.4 Å². The summed E-state index contributed by atoms with van der Waals surface area (Å²) in [4.78, 5) is 26.5. The van der Waals surface area contributed by atoms with E-state index in [9.17, 15) is 9.59 Å². The van der Waals surface area contributed by atoms with Crippen molar-refractivity contribution in [3.8, 4) is 0 Å². The van der Waals surface area contributed by atoms with Crippen LogP contribution < -0.4 is 10.6 Å². The van der Waals surface area contributed by atoms with E-state index in [1.165, 1.54) is 12.8 Å². The topological polar surface area (TPSA) is 61.4 Å². The summed E-state index contributed by atoms with van der Waals surface area (Å²) in [6.07, 6.45) is 6.94. The standard InChI is InChI=1S/C18H33N3O2/c1-14(15-7-6-10-19-12-15)11-16(22)20-13-18(8-4-5-9-18)17(23)21(2)3/h14-15,19H,4-13H2,1-3H3,(H,20,22). The molecule has 2 atom stereocenters. The van der Waals surface area contributed by atoms with Crippen molar-refractivity contribution >= 4 is 11.8 Å². The largest absolute Gasteiger partial charge is 0.355 e. The van der Waals surface area contributed by atoms with Gasteiger partial charge in [-0.25, -0.2) is 0 Å². The van der Waals surface area contributed by atoms with E-state index in [1.807, 2.05) is 14.1 Å². The molecule has 0 bridgehead atoms. The Morgan fingerprint density at radius 2 is 1.96 bits per heavy atom. The van der Waals surface area contributed by atoms with E-state index < -0.39 is 0 Å². The zero-order chi connectivity index (χ0) is 16.9. The van der Waals surface area contributed by atoms with E-state index in [0.29, 0.717) is 24.8 Å². The number of nitrogens with one attached hydrogen (secondary N) is 2. The van der Waals surface area contributed by atoms with Crippen molar-refractivity contribution in [1.29, 1.82) is 0 Å². The van der Waals surface area contributed by atoms with E-state index in [2.05, 4.69) is 17.6 Å². The Morgan fingerprint density at radius 3 is 2.52 bits per heavy atom. The quantitative estimate of drug-likeness (QED) is 0.783. The molecule has 0 radical (unpaired) electrons. The monoisotopic (exact) mass is 323 g/mol. The molecule has 1 saturated carbocycles. The van der Waals surface area contributed by atoms with Gasteiger partial charge < -0.3 is 15.5 Å². The van der Waals surface area contributed by atoms with Crippen molar-refractivity contribution in [2.75, 3.05) is 33.7 Å². The van der Waals surface area contributed by atoms with Crippen LogP contribution in [0.2, 0.25) is 0 Å². The van der Waals surface area contributed by atoms with Crippen molar-refractivity contribution in [1.82, 2.24) is 15.5 Å². The van der Waals surface area contributed by atoms with Crippen molar-refractivity contribution in [3.05, 3.63) is 0 Å². The van der Waals surface area contributed by atoms with Crippen LogP contribution in [0.4, 0.5) is 0 Å². The predicted octanol–water partition coefficient (Wildman–Crippen LogP) is 1.78. The zero-order valence-corrected chi connectivity index (χ0v) is 15.0. The summed E-state index contributed by atoms with van der Waals surface area (Å²) in [7, 11) is 3.62. The van der Waals surface area contributed by atoms with Crippen LogP contribution >= 0.6 is 0 Å². The summed E-state index contributed by atoms with van der Waals surface area (Å²) in [6, 6.07) is 0.